The van der Waals surface area contributed by atoms with Crippen LogP contribution in [0.3, 0.4) is 0 Å². The standard InChI is InChI=1S/C29H39N5O5/c1-20-9-11-22(12-10-20)34-26(18-25(32-34)29(2,3)4)31-27(35)19-33(13-8-14-37-5)28(36)30-21-15-23(38-6)17-24(16-21)39-7/h9-12,15-18H,8,13-14,19H2,1-7H3,(H,30,36)(H,31,35). The number of nitrogens with one attached hydrogen (secondary N) is 2. The van der Waals surface area contributed by atoms with Gasteiger partial charge in [0.2, 0.25) is 5.91 Å². The molecule has 0 fully saturated rings. The van der Waals surface area contributed by atoms with Crippen LogP contribution in [0.25, 0.3) is 5.69 Å². The van der Waals surface area contributed by atoms with E-state index in [1.807, 2.05) is 37.3 Å². The van der Waals surface area contributed by atoms with Crippen LogP contribution in [0, 0.1) is 6.92 Å². The predicted molar refractivity (Wildman–Crippen MR) is 152 cm³/mol. The smallest absolute Gasteiger partial charge is 0.322 e. The maximum absolute atomic E-state index is 13.3. The number of aryl methyl sites for hydroxylation is 1. The summed E-state index contributed by atoms with van der Waals surface area (Å²) in [6.07, 6.45) is 0.564. The molecule has 3 rings (SSSR count). The van der Waals surface area contributed by atoms with Crippen LogP contribution in [0.5, 0.6) is 11.5 Å². The normalized spacial score (nSPS) is 11.2. The highest BCUT2D eigenvalue weighted by atomic mass is 16.5. The maximum atomic E-state index is 13.3. The lowest BCUT2D eigenvalue weighted by Crippen LogP contribution is -2.41. The van der Waals surface area contributed by atoms with E-state index in [-0.39, 0.29) is 17.9 Å². The number of aromatic nitrogens is 2. The molecule has 3 aromatic rings. The van der Waals surface area contributed by atoms with Gasteiger partial charge in [0.15, 0.2) is 0 Å². The monoisotopic (exact) mass is 537 g/mol. The number of ether oxygens (including phenoxy) is 3. The zero-order valence-electron chi connectivity index (χ0n) is 23.8. The van der Waals surface area contributed by atoms with Crippen LogP contribution in [0.4, 0.5) is 16.3 Å². The molecule has 10 nitrogen and oxygen atoms in total. The Morgan fingerprint density at radius 3 is 2.15 bits per heavy atom. The van der Waals surface area contributed by atoms with Crippen molar-refractivity contribution in [2.75, 3.05) is 51.7 Å². The van der Waals surface area contributed by atoms with Crippen molar-refractivity contribution in [3.63, 3.8) is 0 Å². The van der Waals surface area contributed by atoms with Gasteiger partial charge in [-0.1, -0.05) is 38.5 Å². The number of amides is 3. The van der Waals surface area contributed by atoms with Gasteiger partial charge in [-0.15, -0.1) is 0 Å². The number of carbonyl (C=O) groups is 2. The first kappa shape index (κ1) is 29.5. The highest BCUT2D eigenvalue weighted by Crippen LogP contribution is 2.27. The topological polar surface area (TPSA) is 107 Å². The lowest BCUT2D eigenvalue weighted by atomic mass is 9.92. The van der Waals surface area contributed by atoms with Crippen LogP contribution in [0.15, 0.2) is 48.5 Å². The molecule has 0 aliphatic rings. The van der Waals surface area contributed by atoms with E-state index in [1.165, 1.54) is 19.1 Å². The van der Waals surface area contributed by atoms with Crippen molar-refractivity contribution in [3.05, 3.63) is 59.8 Å². The van der Waals surface area contributed by atoms with Crippen LogP contribution in [-0.2, 0) is 14.9 Å². The summed E-state index contributed by atoms with van der Waals surface area (Å²) in [6, 6.07) is 14.4. The van der Waals surface area contributed by atoms with Crippen molar-refractivity contribution in [2.45, 2.75) is 39.5 Å². The third kappa shape index (κ3) is 8.22. The van der Waals surface area contributed by atoms with Crippen molar-refractivity contribution < 1.29 is 23.8 Å². The van der Waals surface area contributed by atoms with Gasteiger partial charge in [-0.25, -0.2) is 9.48 Å². The van der Waals surface area contributed by atoms with Crippen molar-refractivity contribution in [3.8, 4) is 17.2 Å². The molecule has 1 heterocycles. The molecule has 0 aliphatic carbocycles. The number of hydrogen-bond donors (Lipinski definition) is 2. The molecule has 0 unspecified atom stereocenters. The molecular formula is C29H39N5O5. The predicted octanol–water partition coefficient (Wildman–Crippen LogP) is 5.00. The van der Waals surface area contributed by atoms with Gasteiger partial charge in [0.25, 0.3) is 0 Å². The first-order valence-electron chi connectivity index (χ1n) is 12.8. The molecule has 0 bridgehead atoms. The first-order chi connectivity index (χ1) is 18.5. The van der Waals surface area contributed by atoms with Gasteiger partial charge >= 0.3 is 6.03 Å². The van der Waals surface area contributed by atoms with E-state index in [0.29, 0.717) is 42.6 Å². The molecule has 0 atom stereocenters. The molecule has 10 heteroatoms. The Labute approximate surface area is 230 Å². The minimum Gasteiger partial charge on any atom is -0.497 e. The molecule has 0 saturated heterocycles. The summed E-state index contributed by atoms with van der Waals surface area (Å²) < 4.78 is 17.5. The Hall–Kier alpha value is -4.05. The second kappa shape index (κ2) is 13.1. The second-order valence-corrected chi connectivity index (χ2v) is 10.3. The van der Waals surface area contributed by atoms with Crippen LogP contribution in [0.1, 0.15) is 38.4 Å². The molecular weight excluding hydrogens is 498 g/mol. The van der Waals surface area contributed by atoms with Gasteiger partial charge in [0.05, 0.1) is 25.6 Å². The fraction of sp³-hybridized carbons (Fsp3) is 0.414. The van der Waals surface area contributed by atoms with E-state index in [0.717, 1.165) is 16.9 Å². The molecule has 210 valence electrons. The Balaban J connectivity index is 1.82. The van der Waals surface area contributed by atoms with Crippen LogP contribution < -0.4 is 20.1 Å². The van der Waals surface area contributed by atoms with Gasteiger partial charge in [0.1, 0.15) is 23.9 Å². The number of methoxy groups -OCH3 is 3. The van der Waals surface area contributed by atoms with Crippen LogP contribution in [0.2, 0.25) is 0 Å². The van der Waals surface area contributed by atoms with Crippen molar-refractivity contribution >= 4 is 23.4 Å². The third-order valence-corrected chi connectivity index (χ3v) is 6.02. The van der Waals surface area contributed by atoms with Crippen molar-refractivity contribution in [1.29, 1.82) is 0 Å². The molecule has 0 spiro atoms. The molecule has 0 radical (unpaired) electrons. The minimum absolute atomic E-state index is 0.166. The van der Waals surface area contributed by atoms with Gasteiger partial charge in [-0.3, -0.25) is 4.79 Å². The Morgan fingerprint density at radius 2 is 1.59 bits per heavy atom. The molecule has 3 amide bonds. The summed E-state index contributed by atoms with van der Waals surface area (Å²) in [5.41, 5.74) is 3.05. The number of hydrogen-bond acceptors (Lipinski definition) is 6. The molecule has 0 saturated carbocycles. The summed E-state index contributed by atoms with van der Waals surface area (Å²) in [7, 11) is 4.67. The number of rotatable bonds is 11. The van der Waals surface area contributed by atoms with E-state index in [1.54, 1.807) is 30.0 Å². The summed E-state index contributed by atoms with van der Waals surface area (Å²) in [5, 5.41) is 10.6. The molecule has 1 aromatic heterocycles. The highest BCUT2D eigenvalue weighted by molar-refractivity contribution is 5.97. The number of benzene rings is 2. The lowest BCUT2D eigenvalue weighted by Gasteiger charge is -2.23. The van der Waals surface area contributed by atoms with Crippen LogP contribution >= 0.6 is 0 Å². The molecule has 2 N–H and O–H groups in total. The van der Waals surface area contributed by atoms with Crippen molar-refractivity contribution in [1.82, 2.24) is 14.7 Å². The third-order valence-electron chi connectivity index (χ3n) is 6.02. The van der Waals surface area contributed by atoms with Gasteiger partial charge < -0.3 is 29.7 Å². The largest absolute Gasteiger partial charge is 0.497 e. The quantitative estimate of drug-likeness (QED) is 0.333. The Bertz CT molecular complexity index is 1240. The average molecular weight is 538 g/mol. The summed E-state index contributed by atoms with van der Waals surface area (Å²) in [4.78, 5) is 28.0. The fourth-order valence-electron chi connectivity index (χ4n) is 3.81. The van der Waals surface area contributed by atoms with Gasteiger partial charge in [-0.05, 0) is 25.5 Å². The highest BCUT2D eigenvalue weighted by Gasteiger charge is 2.23. The summed E-state index contributed by atoms with van der Waals surface area (Å²) >= 11 is 0. The SMILES string of the molecule is COCCCN(CC(=O)Nc1cc(C(C)(C)C)nn1-c1ccc(C)cc1)C(=O)Nc1cc(OC)cc(OC)c1. The second-order valence-electron chi connectivity index (χ2n) is 10.3. The average Bonchev–Trinajstić information content (AvgIpc) is 3.32. The molecule has 2 aromatic carbocycles. The van der Waals surface area contributed by atoms with E-state index in [4.69, 9.17) is 19.3 Å². The fourth-order valence-corrected chi connectivity index (χ4v) is 3.81. The number of anilines is 2. The minimum atomic E-state index is -0.431. The van der Waals surface area contributed by atoms with Gasteiger partial charge in [-0.2, -0.15) is 5.10 Å². The summed E-state index contributed by atoms with van der Waals surface area (Å²) in [5.74, 6) is 1.25. The van der Waals surface area contributed by atoms with Crippen molar-refractivity contribution in [2.24, 2.45) is 0 Å². The number of carbonyl (C=O) groups excluding carboxylic acids is 2. The Morgan fingerprint density at radius 1 is 0.949 bits per heavy atom. The number of nitrogens with zero attached hydrogens (tertiary/aromatic N) is 3. The van der Waals surface area contributed by atoms with Gasteiger partial charge in [0, 0.05) is 55.6 Å². The zero-order chi connectivity index (χ0) is 28.6. The maximum Gasteiger partial charge on any atom is 0.322 e. The van der Waals surface area contributed by atoms with E-state index in [9.17, 15) is 9.59 Å². The van der Waals surface area contributed by atoms with E-state index < -0.39 is 6.03 Å². The lowest BCUT2D eigenvalue weighted by molar-refractivity contribution is -0.116. The number of urea groups is 1. The molecule has 39 heavy (non-hydrogen) atoms. The zero-order valence-corrected chi connectivity index (χ0v) is 23.8. The Kier molecular flexibility index (Phi) is 9.95. The molecule has 0 aliphatic heterocycles. The van der Waals surface area contributed by atoms with Crippen LogP contribution in [-0.4, -0.2) is 67.6 Å². The first-order valence-corrected chi connectivity index (χ1v) is 12.8. The van der Waals surface area contributed by atoms with E-state index in [2.05, 4.69) is 31.4 Å². The summed E-state index contributed by atoms with van der Waals surface area (Å²) in [6.45, 7) is 8.81. The van der Waals surface area contributed by atoms with E-state index >= 15 is 0 Å².